The minimum absolute atomic E-state index is 0.0670. The van der Waals surface area contributed by atoms with Crippen LogP contribution >= 0.6 is 0 Å². The van der Waals surface area contributed by atoms with Crippen LogP contribution in [0.3, 0.4) is 0 Å². The van der Waals surface area contributed by atoms with Gasteiger partial charge in [-0.05, 0) is 37.2 Å². The third-order valence-electron chi connectivity index (χ3n) is 3.41. The number of nitrogens with one attached hydrogen (secondary N) is 2. The monoisotopic (exact) mass is 289 g/mol. The van der Waals surface area contributed by atoms with Crippen LogP contribution in [0.5, 0.6) is 0 Å². The third-order valence-corrected chi connectivity index (χ3v) is 3.41. The Hall–Kier alpha value is -2.21. The van der Waals surface area contributed by atoms with Gasteiger partial charge in [0.2, 0.25) is 11.8 Å². The Labute approximate surface area is 121 Å². The van der Waals surface area contributed by atoms with Crippen LogP contribution in [0.2, 0.25) is 0 Å². The Morgan fingerprint density at radius 2 is 2.24 bits per heavy atom. The van der Waals surface area contributed by atoms with Crippen molar-refractivity contribution in [2.24, 2.45) is 0 Å². The predicted octanol–water partition coefficient (Wildman–Crippen LogP) is 1.50. The second kappa shape index (κ2) is 6.05. The van der Waals surface area contributed by atoms with Gasteiger partial charge in [0.25, 0.3) is 0 Å². The first-order valence-corrected chi connectivity index (χ1v) is 6.91. The van der Waals surface area contributed by atoms with Gasteiger partial charge in [0.05, 0.1) is 12.1 Å². The topological polar surface area (TPSA) is 67.2 Å². The van der Waals surface area contributed by atoms with Gasteiger partial charge in [-0.25, -0.2) is 9.37 Å². The fourth-order valence-electron chi connectivity index (χ4n) is 2.33. The lowest BCUT2D eigenvalue weighted by molar-refractivity contribution is -0.121. The largest absolute Gasteiger partial charge is 0.444 e. The summed E-state index contributed by atoms with van der Waals surface area (Å²) in [5.41, 5.74) is 1.25. The zero-order valence-corrected chi connectivity index (χ0v) is 11.4. The van der Waals surface area contributed by atoms with Crippen molar-refractivity contribution in [3.05, 3.63) is 42.0 Å². The molecule has 0 spiro atoms. The maximum absolute atomic E-state index is 12.9. The molecule has 1 fully saturated rings. The minimum Gasteiger partial charge on any atom is -0.444 e. The minimum atomic E-state index is -0.310. The SMILES string of the molecule is O=C(Cc1coc(-c2ccc(F)cc2)n1)NC1CCNC1. The molecule has 3 rings (SSSR count). The molecule has 2 aromatic rings. The Kier molecular flexibility index (Phi) is 3.96. The van der Waals surface area contributed by atoms with Crippen LogP contribution in [-0.2, 0) is 11.2 Å². The maximum Gasteiger partial charge on any atom is 0.226 e. The molecule has 1 unspecified atom stereocenters. The number of hydrogen-bond donors (Lipinski definition) is 2. The van der Waals surface area contributed by atoms with Gasteiger partial charge < -0.3 is 15.1 Å². The summed E-state index contributed by atoms with van der Waals surface area (Å²) in [7, 11) is 0. The van der Waals surface area contributed by atoms with Gasteiger partial charge in [0.15, 0.2) is 0 Å². The predicted molar refractivity (Wildman–Crippen MR) is 75.0 cm³/mol. The van der Waals surface area contributed by atoms with Gasteiger partial charge in [-0.1, -0.05) is 0 Å². The van der Waals surface area contributed by atoms with E-state index in [1.807, 2.05) is 0 Å². The number of benzene rings is 1. The van der Waals surface area contributed by atoms with E-state index in [2.05, 4.69) is 15.6 Å². The molecular weight excluding hydrogens is 273 g/mol. The number of hydrogen-bond acceptors (Lipinski definition) is 4. The highest BCUT2D eigenvalue weighted by Crippen LogP contribution is 2.19. The van der Waals surface area contributed by atoms with Gasteiger partial charge in [-0.15, -0.1) is 0 Å². The number of nitrogens with zero attached hydrogens (tertiary/aromatic N) is 1. The molecule has 1 amide bonds. The number of carbonyl (C=O) groups excluding carboxylic acids is 1. The van der Waals surface area contributed by atoms with Crippen molar-refractivity contribution in [2.75, 3.05) is 13.1 Å². The zero-order chi connectivity index (χ0) is 14.7. The van der Waals surface area contributed by atoms with E-state index in [1.54, 1.807) is 12.1 Å². The number of aromatic nitrogens is 1. The summed E-state index contributed by atoms with van der Waals surface area (Å²) >= 11 is 0. The summed E-state index contributed by atoms with van der Waals surface area (Å²) in [4.78, 5) is 16.1. The Morgan fingerprint density at radius 1 is 1.43 bits per heavy atom. The van der Waals surface area contributed by atoms with Crippen molar-refractivity contribution in [3.8, 4) is 11.5 Å². The average molecular weight is 289 g/mol. The zero-order valence-electron chi connectivity index (χ0n) is 11.4. The summed E-state index contributed by atoms with van der Waals surface area (Å²) < 4.78 is 18.2. The molecule has 1 aliphatic heterocycles. The van der Waals surface area contributed by atoms with Crippen molar-refractivity contribution >= 4 is 5.91 Å². The summed E-state index contributed by atoms with van der Waals surface area (Å²) in [5, 5.41) is 6.14. The number of rotatable bonds is 4. The van der Waals surface area contributed by atoms with Crippen LogP contribution < -0.4 is 10.6 Å². The highest BCUT2D eigenvalue weighted by Gasteiger charge is 2.17. The van der Waals surface area contributed by atoms with Gasteiger partial charge in [-0.2, -0.15) is 0 Å². The molecule has 5 nitrogen and oxygen atoms in total. The van der Waals surface area contributed by atoms with E-state index < -0.39 is 0 Å². The molecule has 2 N–H and O–H groups in total. The molecule has 1 aromatic carbocycles. The Balaban J connectivity index is 1.61. The molecular formula is C15H16FN3O2. The normalized spacial score (nSPS) is 17.9. The first-order chi connectivity index (χ1) is 10.2. The smallest absolute Gasteiger partial charge is 0.226 e. The fraction of sp³-hybridized carbons (Fsp3) is 0.333. The van der Waals surface area contributed by atoms with Crippen LogP contribution in [0.4, 0.5) is 4.39 Å². The number of amides is 1. The summed E-state index contributed by atoms with van der Waals surface area (Å²) in [5.74, 6) is 0.0121. The molecule has 0 saturated carbocycles. The van der Waals surface area contributed by atoms with Crippen molar-refractivity contribution in [3.63, 3.8) is 0 Å². The highest BCUT2D eigenvalue weighted by molar-refractivity contribution is 5.78. The van der Waals surface area contributed by atoms with E-state index >= 15 is 0 Å². The van der Waals surface area contributed by atoms with E-state index in [0.717, 1.165) is 19.5 Å². The van der Waals surface area contributed by atoms with Crippen molar-refractivity contribution in [1.29, 1.82) is 0 Å². The quantitative estimate of drug-likeness (QED) is 0.895. The van der Waals surface area contributed by atoms with Crippen LogP contribution in [0.25, 0.3) is 11.5 Å². The molecule has 21 heavy (non-hydrogen) atoms. The highest BCUT2D eigenvalue weighted by atomic mass is 19.1. The molecule has 6 heteroatoms. The number of carbonyl (C=O) groups is 1. The van der Waals surface area contributed by atoms with E-state index in [-0.39, 0.29) is 24.2 Å². The average Bonchev–Trinajstić information content (AvgIpc) is 3.11. The lowest BCUT2D eigenvalue weighted by Crippen LogP contribution is -2.37. The summed E-state index contributed by atoms with van der Waals surface area (Å²) in [6.07, 6.45) is 2.59. The van der Waals surface area contributed by atoms with Gasteiger partial charge in [-0.3, -0.25) is 4.79 Å². The van der Waals surface area contributed by atoms with E-state index in [1.165, 1.54) is 18.4 Å². The third kappa shape index (κ3) is 3.46. The second-order valence-corrected chi connectivity index (χ2v) is 5.08. The van der Waals surface area contributed by atoms with E-state index in [9.17, 15) is 9.18 Å². The van der Waals surface area contributed by atoms with Gasteiger partial charge in [0, 0.05) is 18.2 Å². The fourth-order valence-corrected chi connectivity index (χ4v) is 2.33. The molecule has 1 aliphatic rings. The molecule has 110 valence electrons. The summed E-state index contributed by atoms with van der Waals surface area (Å²) in [6.45, 7) is 1.75. The number of halogens is 1. The van der Waals surface area contributed by atoms with E-state index in [4.69, 9.17) is 4.42 Å². The second-order valence-electron chi connectivity index (χ2n) is 5.08. The molecule has 0 radical (unpaired) electrons. The van der Waals surface area contributed by atoms with E-state index in [0.29, 0.717) is 17.1 Å². The van der Waals surface area contributed by atoms with Crippen LogP contribution in [-0.4, -0.2) is 30.0 Å². The standard InChI is InChI=1S/C15H16FN3O2/c16-11-3-1-10(2-4-11)15-19-13(9-21-15)7-14(20)18-12-5-6-17-8-12/h1-4,9,12,17H,5-8H2,(H,18,20). The van der Waals surface area contributed by atoms with Gasteiger partial charge in [0.1, 0.15) is 12.1 Å². The summed E-state index contributed by atoms with van der Waals surface area (Å²) in [6, 6.07) is 6.07. The molecule has 1 atom stereocenters. The van der Waals surface area contributed by atoms with Crippen molar-refractivity contribution < 1.29 is 13.6 Å². The first kappa shape index (κ1) is 13.8. The van der Waals surface area contributed by atoms with Gasteiger partial charge >= 0.3 is 0 Å². The molecule has 0 aliphatic carbocycles. The molecule has 2 heterocycles. The number of oxazole rings is 1. The molecule has 0 bridgehead atoms. The van der Waals surface area contributed by atoms with Crippen LogP contribution in [0.15, 0.2) is 34.9 Å². The maximum atomic E-state index is 12.9. The van der Waals surface area contributed by atoms with Crippen molar-refractivity contribution in [2.45, 2.75) is 18.9 Å². The van der Waals surface area contributed by atoms with Crippen LogP contribution in [0, 0.1) is 5.82 Å². The lowest BCUT2D eigenvalue weighted by atomic mass is 10.2. The molecule has 1 aromatic heterocycles. The van der Waals surface area contributed by atoms with Crippen LogP contribution in [0.1, 0.15) is 12.1 Å². The molecule has 1 saturated heterocycles. The van der Waals surface area contributed by atoms with Crippen molar-refractivity contribution in [1.82, 2.24) is 15.6 Å². The first-order valence-electron chi connectivity index (χ1n) is 6.91. The Bertz CT molecular complexity index is 618. The Morgan fingerprint density at radius 3 is 2.95 bits per heavy atom. The lowest BCUT2D eigenvalue weighted by Gasteiger charge is -2.09.